The SMILES string of the molecule is FC(F)=CCc1cc2cc(F)ccc2n1-c1ccccn1. The highest BCUT2D eigenvalue weighted by Crippen LogP contribution is 2.25. The van der Waals surface area contributed by atoms with Gasteiger partial charge in [-0.25, -0.2) is 9.37 Å². The van der Waals surface area contributed by atoms with E-state index in [1.54, 1.807) is 35.0 Å². The van der Waals surface area contributed by atoms with Crippen LogP contribution in [0.2, 0.25) is 0 Å². The van der Waals surface area contributed by atoms with Crippen LogP contribution in [-0.2, 0) is 6.42 Å². The van der Waals surface area contributed by atoms with E-state index < -0.39 is 6.08 Å². The van der Waals surface area contributed by atoms with E-state index in [4.69, 9.17) is 0 Å². The first kappa shape index (κ1) is 13.4. The van der Waals surface area contributed by atoms with E-state index in [1.165, 1.54) is 12.1 Å². The number of allylic oxidation sites excluding steroid dienone is 1. The van der Waals surface area contributed by atoms with E-state index in [9.17, 15) is 13.2 Å². The third kappa shape index (κ3) is 2.67. The number of pyridine rings is 1. The molecule has 0 atom stereocenters. The number of fused-ring (bicyclic) bond motifs is 1. The summed E-state index contributed by atoms with van der Waals surface area (Å²) < 4.78 is 39.8. The molecule has 3 rings (SSSR count). The first-order valence-corrected chi connectivity index (χ1v) is 6.37. The predicted octanol–water partition coefficient (Wildman–Crippen LogP) is 4.49. The molecule has 3 aromatic rings. The Bertz CT molecular complexity index is 803. The monoisotopic (exact) mass is 288 g/mol. The summed E-state index contributed by atoms with van der Waals surface area (Å²) >= 11 is 0. The molecular formula is C16H11F3N2. The van der Waals surface area contributed by atoms with Crippen molar-refractivity contribution < 1.29 is 13.2 Å². The Morgan fingerprint density at radius 1 is 1.14 bits per heavy atom. The molecule has 0 N–H and O–H groups in total. The highest BCUT2D eigenvalue weighted by molar-refractivity contribution is 5.83. The maximum absolute atomic E-state index is 13.3. The number of aromatic nitrogens is 2. The van der Waals surface area contributed by atoms with Gasteiger partial charge in [-0.15, -0.1) is 0 Å². The lowest BCUT2D eigenvalue weighted by Gasteiger charge is -2.08. The molecule has 2 aromatic heterocycles. The van der Waals surface area contributed by atoms with Gasteiger partial charge in [0.05, 0.1) is 5.52 Å². The van der Waals surface area contributed by atoms with E-state index in [0.717, 1.165) is 11.6 Å². The van der Waals surface area contributed by atoms with Crippen molar-refractivity contribution in [1.29, 1.82) is 0 Å². The topological polar surface area (TPSA) is 17.8 Å². The molecule has 0 unspecified atom stereocenters. The van der Waals surface area contributed by atoms with Crippen molar-refractivity contribution in [1.82, 2.24) is 9.55 Å². The maximum atomic E-state index is 13.3. The van der Waals surface area contributed by atoms with Gasteiger partial charge in [0.1, 0.15) is 11.6 Å². The van der Waals surface area contributed by atoms with Crippen molar-refractivity contribution in [2.24, 2.45) is 0 Å². The number of halogens is 3. The van der Waals surface area contributed by atoms with Gasteiger partial charge in [-0.1, -0.05) is 6.07 Å². The Morgan fingerprint density at radius 3 is 2.71 bits per heavy atom. The fraction of sp³-hybridized carbons (Fsp3) is 0.0625. The van der Waals surface area contributed by atoms with E-state index >= 15 is 0 Å². The van der Waals surface area contributed by atoms with Crippen LogP contribution >= 0.6 is 0 Å². The van der Waals surface area contributed by atoms with Gasteiger partial charge in [-0.3, -0.25) is 4.57 Å². The number of hydrogen-bond donors (Lipinski definition) is 0. The molecule has 0 aliphatic rings. The Labute approximate surface area is 119 Å². The zero-order valence-corrected chi connectivity index (χ0v) is 10.9. The maximum Gasteiger partial charge on any atom is 0.266 e. The van der Waals surface area contributed by atoms with Gasteiger partial charge in [-0.2, -0.15) is 8.78 Å². The molecule has 0 aliphatic carbocycles. The molecule has 5 heteroatoms. The van der Waals surface area contributed by atoms with Gasteiger partial charge in [-0.05, 0) is 42.5 Å². The van der Waals surface area contributed by atoms with Gasteiger partial charge in [0.25, 0.3) is 6.08 Å². The lowest BCUT2D eigenvalue weighted by Crippen LogP contribution is -2.01. The second-order valence-electron chi connectivity index (χ2n) is 4.56. The normalized spacial score (nSPS) is 10.8. The van der Waals surface area contributed by atoms with E-state index in [2.05, 4.69) is 4.98 Å². The summed E-state index contributed by atoms with van der Waals surface area (Å²) in [4.78, 5) is 4.24. The largest absolute Gasteiger partial charge is 0.298 e. The molecular weight excluding hydrogens is 277 g/mol. The average Bonchev–Trinajstić information content (AvgIpc) is 2.83. The zero-order chi connectivity index (χ0) is 14.8. The van der Waals surface area contributed by atoms with E-state index in [0.29, 0.717) is 16.9 Å². The summed E-state index contributed by atoms with van der Waals surface area (Å²) in [6, 6.07) is 11.4. The number of benzene rings is 1. The fourth-order valence-corrected chi connectivity index (χ4v) is 2.33. The molecule has 0 fully saturated rings. The van der Waals surface area contributed by atoms with Crippen molar-refractivity contribution in [2.75, 3.05) is 0 Å². The van der Waals surface area contributed by atoms with Crippen LogP contribution in [0.4, 0.5) is 13.2 Å². The molecule has 0 saturated carbocycles. The standard InChI is InChI=1S/C16H11F3N2/c17-12-4-6-14-11(9-12)10-13(5-7-15(18)19)21(14)16-3-1-2-8-20-16/h1-4,6-10H,5H2. The van der Waals surface area contributed by atoms with Gasteiger partial charge >= 0.3 is 0 Å². The van der Waals surface area contributed by atoms with Crippen molar-refractivity contribution in [2.45, 2.75) is 6.42 Å². The number of rotatable bonds is 3. The summed E-state index contributed by atoms with van der Waals surface area (Å²) in [6.07, 6.45) is 0.776. The first-order valence-electron chi connectivity index (χ1n) is 6.37. The molecule has 106 valence electrons. The van der Waals surface area contributed by atoms with E-state index in [-0.39, 0.29) is 12.2 Å². The van der Waals surface area contributed by atoms with Gasteiger partial charge in [0.15, 0.2) is 0 Å². The summed E-state index contributed by atoms with van der Waals surface area (Å²) in [7, 11) is 0. The van der Waals surface area contributed by atoms with Crippen LogP contribution < -0.4 is 0 Å². The Hall–Kier alpha value is -2.56. The number of nitrogens with zero attached hydrogens (tertiary/aromatic N) is 2. The molecule has 2 nitrogen and oxygen atoms in total. The summed E-state index contributed by atoms with van der Waals surface area (Å²) in [5, 5.41) is 0.656. The second kappa shape index (κ2) is 5.44. The quantitative estimate of drug-likeness (QED) is 0.694. The minimum atomic E-state index is -1.74. The van der Waals surface area contributed by atoms with Crippen molar-refractivity contribution >= 4 is 10.9 Å². The third-order valence-corrected chi connectivity index (χ3v) is 3.18. The van der Waals surface area contributed by atoms with Gasteiger partial charge in [0, 0.05) is 23.7 Å². The second-order valence-corrected chi connectivity index (χ2v) is 4.56. The first-order chi connectivity index (χ1) is 10.1. The summed E-state index contributed by atoms with van der Waals surface area (Å²) in [6.45, 7) is 0. The fourth-order valence-electron chi connectivity index (χ4n) is 2.33. The minimum absolute atomic E-state index is 0.0508. The van der Waals surface area contributed by atoms with Crippen molar-refractivity contribution in [3.63, 3.8) is 0 Å². The molecule has 0 spiro atoms. The lowest BCUT2D eigenvalue weighted by atomic mass is 10.2. The smallest absolute Gasteiger partial charge is 0.266 e. The summed E-state index contributed by atoms with van der Waals surface area (Å²) in [5.74, 6) is 0.251. The van der Waals surface area contributed by atoms with Crippen LogP contribution in [-0.4, -0.2) is 9.55 Å². The van der Waals surface area contributed by atoms with Crippen molar-refractivity contribution in [3.05, 3.63) is 72.3 Å². The molecule has 21 heavy (non-hydrogen) atoms. The van der Waals surface area contributed by atoms with Crippen LogP contribution in [0.5, 0.6) is 0 Å². The lowest BCUT2D eigenvalue weighted by molar-refractivity contribution is 0.418. The minimum Gasteiger partial charge on any atom is -0.298 e. The molecule has 0 amide bonds. The highest BCUT2D eigenvalue weighted by Gasteiger charge is 2.11. The predicted molar refractivity (Wildman–Crippen MR) is 75.0 cm³/mol. The molecule has 1 aromatic carbocycles. The van der Waals surface area contributed by atoms with Crippen LogP contribution in [0.25, 0.3) is 16.7 Å². The van der Waals surface area contributed by atoms with Crippen molar-refractivity contribution in [3.8, 4) is 5.82 Å². The highest BCUT2D eigenvalue weighted by atomic mass is 19.3. The van der Waals surface area contributed by atoms with E-state index in [1.807, 2.05) is 6.07 Å². The van der Waals surface area contributed by atoms with Crippen LogP contribution in [0.1, 0.15) is 5.69 Å². The Morgan fingerprint density at radius 2 is 2.00 bits per heavy atom. The van der Waals surface area contributed by atoms with Gasteiger partial charge in [0.2, 0.25) is 0 Å². The van der Waals surface area contributed by atoms with Crippen LogP contribution in [0, 0.1) is 5.82 Å². The average molecular weight is 288 g/mol. The van der Waals surface area contributed by atoms with Gasteiger partial charge < -0.3 is 0 Å². The molecule has 0 saturated heterocycles. The number of hydrogen-bond acceptors (Lipinski definition) is 1. The zero-order valence-electron chi connectivity index (χ0n) is 10.9. The third-order valence-electron chi connectivity index (χ3n) is 3.18. The molecule has 0 radical (unpaired) electrons. The Balaban J connectivity index is 2.23. The Kier molecular flexibility index (Phi) is 3.48. The molecule has 0 aliphatic heterocycles. The molecule has 0 bridgehead atoms. The van der Waals surface area contributed by atoms with Crippen LogP contribution in [0.15, 0.2) is 60.8 Å². The summed E-state index contributed by atoms with van der Waals surface area (Å²) in [5.41, 5.74) is 1.36. The molecule has 2 heterocycles. The van der Waals surface area contributed by atoms with Crippen LogP contribution in [0.3, 0.4) is 0 Å².